The fourth-order valence-electron chi connectivity index (χ4n) is 4.79. The van der Waals surface area contributed by atoms with Crippen LogP contribution in [0.4, 0.5) is 0 Å². The third-order valence-corrected chi connectivity index (χ3v) is 7.88. The van der Waals surface area contributed by atoms with Crippen LogP contribution in [-0.4, -0.2) is 58.8 Å². The van der Waals surface area contributed by atoms with Crippen LogP contribution < -0.4 is 0 Å². The van der Waals surface area contributed by atoms with Crippen molar-refractivity contribution >= 4 is 24.1 Å². The van der Waals surface area contributed by atoms with Crippen LogP contribution in [0.5, 0.6) is 0 Å². The van der Waals surface area contributed by atoms with Crippen molar-refractivity contribution in [2.75, 3.05) is 26.4 Å². The molecule has 0 aromatic heterocycles. The first kappa shape index (κ1) is 37.6. The van der Waals surface area contributed by atoms with E-state index in [1.54, 1.807) is 48.5 Å². The van der Waals surface area contributed by atoms with Gasteiger partial charge in [-0.1, -0.05) is 102 Å². The molecule has 0 saturated heterocycles. The van der Waals surface area contributed by atoms with Crippen molar-refractivity contribution in [2.24, 2.45) is 5.41 Å². The maximum absolute atomic E-state index is 12.4. The molecule has 8 nitrogen and oxygen atoms in total. The Morgan fingerprint density at radius 2 is 0.911 bits per heavy atom. The molecule has 0 atom stereocenters. The van der Waals surface area contributed by atoms with Gasteiger partial charge in [-0.05, 0) is 60.4 Å². The van der Waals surface area contributed by atoms with Gasteiger partial charge < -0.3 is 29.9 Å². The predicted molar refractivity (Wildman–Crippen MR) is 178 cm³/mol. The van der Waals surface area contributed by atoms with Gasteiger partial charge in [0.2, 0.25) is 0 Å². The summed E-state index contributed by atoms with van der Waals surface area (Å²) in [5.41, 5.74) is -0.161. The summed E-state index contributed by atoms with van der Waals surface area (Å²) in [6, 6.07) is 12.7. The number of esters is 2. The van der Waals surface area contributed by atoms with Crippen LogP contribution in [0.2, 0.25) is 0 Å². The maximum Gasteiger partial charge on any atom is 0.338 e. The summed E-state index contributed by atoms with van der Waals surface area (Å²) in [6.45, 7) is 3.50. The molecule has 0 unspecified atom stereocenters. The van der Waals surface area contributed by atoms with Crippen molar-refractivity contribution in [3.05, 3.63) is 82.3 Å². The highest BCUT2D eigenvalue weighted by molar-refractivity contribution is 5.90. The number of carbonyl (C=O) groups excluding carboxylic acids is 2. The maximum atomic E-state index is 12.4. The molecule has 0 aliphatic rings. The molecule has 0 aliphatic heterocycles. The molecule has 45 heavy (non-hydrogen) atoms. The minimum atomic E-state index is -1.87. The Kier molecular flexibility index (Phi) is 17.7. The summed E-state index contributed by atoms with van der Waals surface area (Å²) in [5, 5.41) is 42.2. The smallest absolute Gasteiger partial charge is 0.338 e. The topological polar surface area (TPSA) is 134 Å². The zero-order valence-corrected chi connectivity index (χ0v) is 27.0. The van der Waals surface area contributed by atoms with Gasteiger partial charge >= 0.3 is 11.9 Å². The van der Waals surface area contributed by atoms with Gasteiger partial charge in [-0.2, -0.15) is 0 Å². The largest absolute Gasteiger partial charge is 0.511 e. The summed E-state index contributed by atoms with van der Waals surface area (Å²) < 4.78 is 10.7. The Morgan fingerprint density at radius 1 is 0.578 bits per heavy atom. The van der Waals surface area contributed by atoms with E-state index < -0.39 is 42.1 Å². The molecule has 2 aromatic carbocycles. The molecule has 0 radical (unpaired) electrons. The fraction of sp³-hybridized carbons (Fsp3) is 0.514. The minimum Gasteiger partial charge on any atom is -0.511 e. The highest BCUT2D eigenvalue weighted by atomic mass is 16.5. The van der Waals surface area contributed by atoms with E-state index >= 15 is 0 Å². The first-order chi connectivity index (χ1) is 21.8. The fourth-order valence-corrected chi connectivity index (χ4v) is 4.79. The standard InChI is InChI=1S/C37H52O8/c1-3-5-7-9-11-13-23-44-35(42)31-19-15-29(16-20-31)25-33(40)37(27-38,28-39)34(41)26-30-17-21-32(22-18-30)36(43)45-24-14-12-10-8-6-4-2/h15-22,25-26,38-41H,3-14,23-24,27-28H2,1-2H3. The van der Waals surface area contributed by atoms with Crippen molar-refractivity contribution in [2.45, 2.75) is 90.9 Å². The summed E-state index contributed by atoms with van der Waals surface area (Å²) in [4.78, 5) is 24.7. The normalized spacial score (nSPS) is 12.3. The third-order valence-electron chi connectivity index (χ3n) is 7.88. The number of aliphatic hydroxyl groups excluding tert-OH is 4. The lowest BCUT2D eigenvalue weighted by molar-refractivity contribution is 0.0483. The van der Waals surface area contributed by atoms with Crippen LogP contribution in [0.15, 0.2) is 60.0 Å². The van der Waals surface area contributed by atoms with Crippen molar-refractivity contribution in [1.82, 2.24) is 0 Å². The first-order valence-corrected chi connectivity index (χ1v) is 16.4. The molecule has 2 aromatic rings. The van der Waals surface area contributed by atoms with Gasteiger partial charge in [0.15, 0.2) is 0 Å². The zero-order valence-electron chi connectivity index (χ0n) is 27.0. The van der Waals surface area contributed by atoms with E-state index in [1.165, 1.54) is 50.7 Å². The van der Waals surface area contributed by atoms with Gasteiger partial charge in [-0.25, -0.2) is 9.59 Å². The molecule has 2 rings (SSSR count). The average Bonchev–Trinajstić information content (AvgIpc) is 3.05. The molecule has 0 bridgehead atoms. The molecular weight excluding hydrogens is 572 g/mol. The van der Waals surface area contributed by atoms with Crippen molar-refractivity contribution < 1.29 is 39.5 Å². The lowest BCUT2D eigenvalue weighted by Gasteiger charge is -2.28. The quantitative estimate of drug-likeness (QED) is 0.0585. The molecule has 0 amide bonds. The molecule has 0 spiro atoms. The molecule has 248 valence electrons. The summed E-state index contributed by atoms with van der Waals surface area (Å²) in [7, 11) is 0. The molecule has 8 heteroatoms. The third kappa shape index (κ3) is 12.7. The second kappa shape index (κ2) is 21.2. The lowest BCUT2D eigenvalue weighted by atomic mass is 9.83. The van der Waals surface area contributed by atoms with Crippen LogP contribution in [-0.2, 0) is 9.47 Å². The molecule has 0 saturated carbocycles. The van der Waals surface area contributed by atoms with E-state index in [0.717, 1.165) is 38.5 Å². The Bertz CT molecular complexity index is 1100. The van der Waals surface area contributed by atoms with Gasteiger partial charge in [0.1, 0.15) is 16.9 Å². The Morgan fingerprint density at radius 3 is 1.24 bits per heavy atom. The average molecular weight is 625 g/mol. The van der Waals surface area contributed by atoms with E-state index in [-0.39, 0.29) is 0 Å². The molecule has 0 fully saturated rings. The second-order valence-electron chi connectivity index (χ2n) is 11.5. The molecule has 4 N–H and O–H groups in total. The zero-order chi connectivity index (χ0) is 32.9. The number of rotatable bonds is 22. The molecular formula is C37H52O8. The summed E-state index contributed by atoms with van der Waals surface area (Å²) in [6.07, 6.45) is 15.8. The monoisotopic (exact) mass is 624 g/mol. The second-order valence-corrected chi connectivity index (χ2v) is 11.5. The Labute approximate surface area is 268 Å². The number of carbonyl (C=O) groups is 2. The first-order valence-electron chi connectivity index (χ1n) is 16.4. The van der Waals surface area contributed by atoms with Gasteiger partial charge in [0, 0.05) is 0 Å². The Balaban J connectivity index is 2.00. The SMILES string of the molecule is CCCCCCCCOC(=O)c1ccc(C=C(O)C(CO)(CO)C(O)=Cc2ccc(C(=O)OCCCCCCCC)cc2)cc1. The number of ether oxygens (including phenoxy) is 2. The van der Waals surface area contributed by atoms with E-state index in [0.29, 0.717) is 35.5 Å². The number of unbranched alkanes of at least 4 members (excludes halogenated alkanes) is 10. The number of hydrogen-bond donors (Lipinski definition) is 4. The predicted octanol–water partition coefficient (Wildman–Crippen LogP) is 8.19. The number of aliphatic hydroxyl groups is 4. The van der Waals surface area contributed by atoms with E-state index in [1.807, 2.05) is 0 Å². The van der Waals surface area contributed by atoms with Gasteiger partial charge in [-0.15, -0.1) is 0 Å². The minimum absolute atomic E-state index is 0.362. The van der Waals surface area contributed by atoms with Gasteiger partial charge in [0.05, 0.1) is 37.6 Å². The summed E-state index contributed by atoms with van der Waals surface area (Å²) in [5.74, 6) is -1.79. The van der Waals surface area contributed by atoms with Crippen LogP contribution in [0.25, 0.3) is 12.2 Å². The highest BCUT2D eigenvalue weighted by Crippen LogP contribution is 2.34. The van der Waals surface area contributed by atoms with Crippen LogP contribution >= 0.6 is 0 Å². The van der Waals surface area contributed by atoms with Crippen LogP contribution in [0.3, 0.4) is 0 Å². The molecule has 0 heterocycles. The number of hydrogen-bond acceptors (Lipinski definition) is 8. The summed E-state index contributed by atoms with van der Waals surface area (Å²) >= 11 is 0. The molecule has 0 aliphatic carbocycles. The van der Waals surface area contributed by atoms with Crippen LogP contribution in [0.1, 0.15) is 123 Å². The lowest BCUT2D eigenvalue weighted by Crippen LogP contribution is -2.34. The van der Waals surface area contributed by atoms with E-state index in [9.17, 15) is 30.0 Å². The van der Waals surface area contributed by atoms with Crippen molar-refractivity contribution in [3.63, 3.8) is 0 Å². The van der Waals surface area contributed by atoms with Crippen LogP contribution in [0, 0.1) is 5.41 Å². The van der Waals surface area contributed by atoms with Crippen molar-refractivity contribution in [1.29, 1.82) is 0 Å². The van der Waals surface area contributed by atoms with Gasteiger partial charge in [0.25, 0.3) is 0 Å². The van der Waals surface area contributed by atoms with Crippen molar-refractivity contribution in [3.8, 4) is 0 Å². The van der Waals surface area contributed by atoms with Gasteiger partial charge in [-0.3, -0.25) is 0 Å². The highest BCUT2D eigenvalue weighted by Gasteiger charge is 2.38. The number of benzene rings is 2. The Hall–Kier alpha value is -3.62. The van der Waals surface area contributed by atoms with E-state index in [4.69, 9.17) is 9.47 Å². The van der Waals surface area contributed by atoms with E-state index in [2.05, 4.69) is 13.8 Å².